The fourth-order valence-corrected chi connectivity index (χ4v) is 9.97. The van der Waals surface area contributed by atoms with E-state index in [2.05, 4.69) is 82.5 Å². The van der Waals surface area contributed by atoms with Crippen LogP contribution in [0.5, 0.6) is 11.9 Å². The Morgan fingerprint density at radius 1 is 0.948 bits per heavy atom. The molecule has 20 heteroatoms. The summed E-state index contributed by atoms with van der Waals surface area (Å²) in [5.41, 5.74) is 0.222. The number of hydrogen-bond donors (Lipinski definition) is 0. The molecule has 2 saturated heterocycles. The van der Waals surface area contributed by atoms with Crippen molar-refractivity contribution in [1.82, 2.24) is 14.5 Å². The fraction of sp³-hybridized carbons (Fsp3) is 0.658. The van der Waals surface area contributed by atoms with Crippen LogP contribution in [-0.4, -0.2) is 106 Å². The van der Waals surface area contributed by atoms with Gasteiger partial charge >= 0.3 is 12.1 Å². The average molecular weight is 906 g/mol. The van der Waals surface area contributed by atoms with Crippen molar-refractivity contribution < 1.29 is 50.6 Å². The van der Waals surface area contributed by atoms with E-state index in [1.807, 2.05) is 0 Å². The van der Waals surface area contributed by atoms with E-state index in [9.17, 15) is 9.00 Å². The summed E-state index contributed by atoms with van der Waals surface area (Å²) >= 11 is 6.59. The minimum Gasteiger partial charge on any atom is -0.471 e. The smallest absolute Gasteiger partial charge is 0.442 e. The quantitative estimate of drug-likeness (QED) is 0.100. The van der Waals surface area contributed by atoms with Gasteiger partial charge in [-0.3, -0.25) is 4.57 Å². The van der Waals surface area contributed by atoms with Crippen molar-refractivity contribution in [3.8, 4) is 11.9 Å². The van der Waals surface area contributed by atoms with E-state index < -0.39 is 70.2 Å². The lowest BCUT2D eigenvalue weighted by atomic mass is 10.1. The summed E-state index contributed by atoms with van der Waals surface area (Å²) in [6.07, 6.45) is -1.34. The molecular weight excluding hydrogens is 846 g/mol. The van der Waals surface area contributed by atoms with Gasteiger partial charge in [-0.15, -0.1) is 4.36 Å². The van der Waals surface area contributed by atoms with Gasteiger partial charge in [-0.2, -0.15) is 9.97 Å². The van der Waals surface area contributed by atoms with Crippen molar-refractivity contribution in [2.24, 2.45) is 4.36 Å². The molecule has 5 atom stereocenters. The van der Waals surface area contributed by atoms with Gasteiger partial charge in [0.05, 0.1) is 46.1 Å². The summed E-state index contributed by atoms with van der Waals surface area (Å²) < 4.78 is 91.9. The highest BCUT2D eigenvalue weighted by Gasteiger charge is 2.52. The maximum absolute atomic E-state index is 15.4. The van der Waals surface area contributed by atoms with Gasteiger partial charge in [-0.05, 0) is 48.4 Å². The highest BCUT2D eigenvalue weighted by molar-refractivity contribution is 7.93. The van der Waals surface area contributed by atoms with Crippen molar-refractivity contribution in [2.45, 2.75) is 133 Å². The second kappa shape index (κ2) is 17.8. The number of aromatic nitrogens is 3. The van der Waals surface area contributed by atoms with Crippen LogP contribution < -0.4 is 9.47 Å². The SMILES string of the molecule is CC(C)(C)[Si](C)(C)O[C@@H]1CO[C@H]2[C@@H]1OC[C@H]2Oc1nc2cc(Cl)c(OCc3c(F)cc(S(C)(=O)=NC(=O)OCC[Si](C)(C)C)cc3F)nc2n1COCC[Si](C)(C)C. The topological polar surface area (TPSA) is 142 Å². The van der Waals surface area contributed by atoms with Crippen LogP contribution in [0, 0.1) is 11.6 Å². The number of carbonyl (C=O) groups is 1. The molecular formula is C38H59ClF2N4O9SSi3. The maximum atomic E-state index is 15.4. The number of amides is 1. The zero-order valence-corrected chi connectivity index (χ0v) is 40.3. The number of pyridine rings is 1. The molecule has 0 aliphatic carbocycles. The predicted octanol–water partition coefficient (Wildman–Crippen LogP) is 9.12. The zero-order valence-electron chi connectivity index (χ0n) is 35.7. The lowest BCUT2D eigenvalue weighted by Crippen LogP contribution is -2.47. The summed E-state index contributed by atoms with van der Waals surface area (Å²) in [7, 11) is -8.52. The second-order valence-corrected chi connectivity index (χ2v) is 37.6. The minimum absolute atomic E-state index is 0.0197. The van der Waals surface area contributed by atoms with Gasteiger partial charge in [-0.1, -0.05) is 71.7 Å². The minimum atomic E-state index is -3.53. The van der Waals surface area contributed by atoms with E-state index in [0.717, 1.165) is 24.4 Å². The van der Waals surface area contributed by atoms with Crippen LogP contribution in [0.15, 0.2) is 27.5 Å². The average Bonchev–Trinajstić information content (AvgIpc) is 3.75. The molecule has 0 radical (unpaired) electrons. The standard InChI is InChI=1S/C38H59ClF2N4O9SSi3/c1-38(2,3)58(11,12)54-31-22-51-32-30(21-50-33(31)32)53-36-42-29-19-26(39)35(43-34(29)45(36)23-48-13-15-56(5,6)7)52-20-25-27(40)17-24(18-28(25)41)55(4,47)44-37(46)49-14-16-57(8,9)10/h17-19,30-33H,13-16,20-23H2,1-12H3/t30-,31-,32-,33-,55?/m1/s1. The first-order valence-electron chi connectivity index (χ1n) is 19.5. The molecule has 0 N–H and O–H groups in total. The number of nitrogens with zero attached hydrogens (tertiary/aromatic N) is 4. The number of ether oxygens (including phenoxy) is 6. The van der Waals surface area contributed by atoms with Crippen molar-refractivity contribution in [1.29, 1.82) is 0 Å². The van der Waals surface area contributed by atoms with E-state index in [1.165, 1.54) is 6.07 Å². The van der Waals surface area contributed by atoms with Crippen molar-refractivity contribution in [3.63, 3.8) is 0 Å². The lowest BCUT2D eigenvalue weighted by Gasteiger charge is -2.39. The predicted molar refractivity (Wildman–Crippen MR) is 228 cm³/mol. The van der Waals surface area contributed by atoms with Gasteiger partial charge < -0.3 is 32.8 Å². The van der Waals surface area contributed by atoms with Crippen LogP contribution in [-0.2, 0) is 46.4 Å². The van der Waals surface area contributed by atoms with Gasteiger partial charge in [0.2, 0.25) is 5.88 Å². The van der Waals surface area contributed by atoms with Crippen molar-refractivity contribution in [3.05, 3.63) is 40.4 Å². The number of benzene rings is 1. The van der Waals surface area contributed by atoms with E-state index in [-0.39, 0.29) is 65.1 Å². The summed E-state index contributed by atoms with van der Waals surface area (Å²) in [5.74, 6) is -2.22. The summed E-state index contributed by atoms with van der Waals surface area (Å²) in [5, 5.41) is 0.0594. The molecule has 13 nitrogen and oxygen atoms in total. The molecule has 2 fully saturated rings. The van der Waals surface area contributed by atoms with E-state index in [0.29, 0.717) is 30.4 Å². The largest absolute Gasteiger partial charge is 0.471 e. The lowest BCUT2D eigenvalue weighted by molar-refractivity contribution is 0.00686. The van der Waals surface area contributed by atoms with Gasteiger partial charge in [0.15, 0.2) is 20.1 Å². The molecule has 1 unspecified atom stereocenters. The first-order valence-corrected chi connectivity index (χ1v) is 32.1. The summed E-state index contributed by atoms with van der Waals surface area (Å²) in [4.78, 5) is 21.3. The highest BCUT2D eigenvalue weighted by atomic mass is 35.5. The van der Waals surface area contributed by atoms with Crippen molar-refractivity contribution in [2.75, 3.05) is 32.7 Å². The molecule has 3 aromatic rings. The van der Waals surface area contributed by atoms with Crippen LogP contribution in [0.25, 0.3) is 11.2 Å². The molecule has 324 valence electrons. The summed E-state index contributed by atoms with van der Waals surface area (Å²) in [6.45, 7) is 24.8. The molecule has 2 aromatic heterocycles. The molecule has 2 aliphatic rings. The number of halogens is 3. The first-order chi connectivity index (χ1) is 26.7. The Labute approximate surface area is 349 Å². The number of fused-ring (bicyclic) bond motifs is 2. The number of carbonyl (C=O) groups excluding carboxylic acids is 1. The third-order valence-electron chi connectivity index (χ3n) is 10.5. The molecule has 4 heterocycles. The Bertz CT molecular complexity index is 2080. The van der Waals surface area contributed by atoms with Gasteiger partial charge in [0, 0.05) is 29.0 Å². The van der Waals surface area contributed by atoms with Gasteiger partial charge in [0.25, 0.3) is 0 Å². The number of hydrogen-bond acceptors (Lipinski definition) is 11. The molecule has 1 amide bonds. The molecule has 0 spiro atoms. The molecule has 0 bridgehead atoms. The molecule has 58 heavy (non-hydrogen) atoms. The van der Waals surface area contributed by atoms with Crippen LogP contribution in [0.1, 0.15) is 26.3 Å². The van der Waals surface area contributed by atoms with Crippen LogP contribution in [0.2, 0.25) is 74.5 Å². The van der Waals surface area contributed by atoms with Gasteiger partial charge in [0.1, 0.15) is 47.7 Å². The van der Waals surface area contributed by atoms with E-state index in [1.54, 1.807) is 4.57 Å². The number of rotatable bonds is 16. The third-order valence-corrected chi connectivity index (χ3v) is 20.3. The monoisotopic (exact) mass is 904 g/mol. The van der Waals surface area contributed by atoms with E-state index in [4.69, 9.17) is 49.4 Å². The maximum Gasteiger partial charge on any atom is 0.442 e. The third kappa shape index (κ3) is 11.7. The zero-order chi connectivity index (χ0) is 43.0. The Morgan fingerprint density at radius 2 is 1.53 bits per heavy atom. The van der Waals surface area contributed by atoms with Crippen LogP contribution in [0.4, 0.5) is 13.6 Å². The Balaban J connectivity index is 1.35. The second-order valence-electron chi connectivity index (χ2n) is 18.9. The molecule has 0 saturated carbocycles. The fourth-order valence-electron chi connectivity index (χ4n) is 5.89. The first kappa shape index (κ1) is 46.6. The van der Waals surface area contributed by atoms with Gasteiger partial charge in [-0.25, -0.2) is 17.8 Å². The molecule has 5 rings (SSSR count). The van der Waals surface area contributed by atoms with Crippen molar-refractivity contribution >= 4 is 63.1 Å². The molecule has 1 aromatic carbocycles. The Hall–Kier alpha value is -2.50. The molecule has 2 aliphatic heterocycles. The summed E-state index contributed by atoms with van der Waals surface area (Å²) in [6, 6.07) is 5.08. The Kier molecular flexibility index (Phi) is 14.3. The highest BCUT2D eigenvalue weighted by Crippen LogP contribution is 2.41. The van der Waals surface area contributed by atoms with Crippen LogP contribution in [0.3, 0.4) is 0 Å². The Morgan fingerprint density at radius 3 is 2.14 bits per heavy atom. The normalized spacial score (nSPS) is 21.2. The van der Waals surface area contributed by atoms with Crippen LogP contribution >= 0.6 is 11.6 Å². The number of imidazole rings is 1. The van der Waals surface area contributed by atoms with E-state index >= 15 is 8.78 Å².